The van der Waals surface area contributed by atoms with E-state index in [2.05, 4.69) is 21.0 Å². The molecule has 3 aromatic rings. The molecular weight excluding hydrogens is 350 g/mol. The lowest BCUT2D eigenvalue weighted by Gasteiger charge is -2.37. The Hall–Kier alpha value is -3.59. The Morgan fingerprint density at radius 2 is 1.64 bits per heavy atom. The van der Waals surface area contributed by atoms with Gasteiger partial charge < -0.3 is 4.90 Å². The highest BCUT2D eigenvalue weighted by molar-refractivity contribution is 5.93. The molecule has 1 aromatic carbocycles. The van der Waals surface area contributed by atoms with Gasteiger partial charge in [-0.05, 0) is 30.5 Å². The molecule has 1 aliphatic heterocycles. The second-order valence-corrected chi connectivity index (χ2v) is 6.88. The lowest BCUT2D eigenvalue weighted by atomic mass is 9.74. The Kier molecular flexibility index (Phi) is 4.81. The van der Waals surface area contributed by atoms with E-state index in [1.54, 1.807) is 29.7 Å². The van der Waals surface area contributed by atoms with Gasteiger partial charge in [0.15, 0.2) is 5.82 Å². The molecule has 0 atom stereocenters. The van der Waals surface area contributed by atoms with E-state index in [1.807, 2.05) is 42.5 Å². The fourth-order valence-electron chi connectivity index (χ4n) is 3.58. The molecule has 6 nitrogen and oxygen atoms in total. The van der Waals surface area contributed by atoms with E-state index in [1.165, 1.54) is 0 Å². The molecule has 0 saturated carbocycles. The second kappa shape index (κ2) is 7.57. The second-order valence-electron chi connectivity index (χ2n) is 6.88. The Balaban J connectivity index is 1.46. The Morgan fingerprint density at radius 1 is 1.00 bits per heavy atom. The van der Waals surface area contributed by atoms with Crippen molar-refractivity contribution in [3.8, 4) is 17.5 Å². The molecule has 0 N–H and O–H groups in total. The molecular formula is C22H19N5O. The van der Waals surface area contributed by atoms with Gasteiger partial charge in [0, 0.05) is 43.4 Å². The molecule has 0 unspecified atom stereocenters. The highest BCUT2D eigenvalue weighted by Gasteiger charge is 2.37. The number of benzene rings is 1. The van der Waals surface area contributed by atoms with Crippen LogP contribution in [0.5, 0.6) is 0 Å². The van der Waals surface area contributed by atoms with Crippen molar-refractivity contribution in [1.82, 2.24) is 19.9 Å². The van der Waals surface area contributed by atoms with Gasteiger partial charge in [0.25, 0.3) is 5.91 Å². The quantitative estimate of drug-likeness (QED) is 0.708. The van der Waals surface area contributed by atoms with Gasteiger partial charge in [0.05, 0.1) is 17.0 Å². The molecule has 28 heavy (non-hydrogen) atoms. The molecule has 0 bridgehead atoms. The first-order chi connectivity index (χ1) is 13.7. The Bertz CT molecular complexity index is 989. The number of nitriles is 1. The van der Waals surface area contributed by atoms with Crippen LogP contribution in [-0.4, -0.2) is 38.8 Å². The first-order valence-electron chi connectivity index (χ1n) is 9.20. The summed E-state index contributed by atoms with van der Waals surface area (Å²) in [4.78, 5) is 27.2. The summed E-state index contributed by atoms with van der Waals surface area (Å²) in [5.41, 5.74) is 1.81. The number of carbonyl (C=O) groups is 1. The SMILES string of the molecule is N#CC1(c2ccccc2)CCN(C(=O)c2cnc(-c3ccncc3)nc2)CC1. The van der Waals surface area contributed by atoms with Crippen molar-refractivity contribution < 1.29 is 4.79 Å². The highest BCUT2D eigenvalue weighted by Crippen LogP contribution is 2.35. The maximum absolute atomic E-state index is 12.8. The largest absolute Gasteiger partial charge is 0.338 e. The highest BCUT2D eigenvalue weighted by atomic mass is 16.2. The molecule has 6 heteroatoms. The number of amides is 1. The van der Waals surface area contributed by atoms with Gasteiger partial charge in [-0.3, -0.25) is 9.78 Å². The van der Waals surface area contributed by atoms with E-state index >= 15 is 0 Å². The third-order valence-corrected chi connectivity index (χ3v) is 5.28. The van der Waals surface area contributed by atoms with Crippen LogP contribution < -0.4 is 0 Å². The smallest absolute Gasteiger partial charge is 0.256 e. The number of hydrogen-bond donors (Lipinski definition) is 0. The number of likely N-dealkylation sites (tertiary alicyclic amines) is 1. The lowest BCUT2D eigenvalue weighted by molar-refractivity contribution is 0.0691. The molecule has 0 aliphatic carbocycles. The molecule has 4 rings (SSSR count). The average Bonchev–Trinajstić information content (AvgIpc) is 2.80. The molecule has 1 aliphatic rings. The van der Waals surface area contributed by atoms with Crippen molar-refractivity contribution in [2.75, 3.05) is 13.1 Å². The third-order valence-electron chi connectivity index (χ3n) is 5.28. The number of carbonyl (C=O) groups excluding carboxylic acids is 1. The summed E-state index contributed by atoms with van der Waals surface area (Å²) in [5, 5.41) is 9.80. The summed E-state index contributed by atoms with van der Waals surface area (Å²) < 4.78 is 0. The van der Waals surface area contributed by atoms with E-state index in [0.29, 0.717) is 37.3 Å². The van der Waals surface area contributed by atoms with Crippen LogP contribution in [0.15, 0.2) is 67.3 Å². The first kappa shape index (κ1) is 17.8. The number of aromatic nitrogens is 3. The molecule has 1 saturated heterocycles. The minimum absolute atomic E-state index is 0.0964. The molecule has 3 heterocycles. The van der Waals surface area contributed by atoms with Crippen LogP contribution in [-0.2, 0) is 5.41 Å². The van der Waals surface area contributed by atoms with Gasteiger partial charge in [-0.1, -0.05) is 30.3 Å². The minimum atomic E-state index is -0.528. The topological polar surface area (TPSA) is 82.8 Å². The van der Waals surface area contributed by atoms with Gasteiger partial charge in [0.1, 0.15) is 0 Å². The fourth-order valence-corrected chi connectivity index (χ4v) is 3.58. The standard InChI is InChI=1S/C22H19N5O/c23-16-22(19-4-2-1-3-5-19)8-12-27(13-9-22)21(28)18-14-25-20(26-15-18)17-6-10-24-11-7-17/h1-7,10-11,14-15H,8-9,12-13H2. The monoisotopic (exact) mass is 369 g/mol. The number of rotatable bonds is 3. The van der Waals surface area contributed by atoms with Crippen molar-refractivity contribution in [2.24, 2.45) is 0 Å². The molecule has 1 amide bonds. The van der Waals surface area contributed by atoms with E-state index in [9.17, 15) is 10.1 Å². The van der Waals surface area contributed by atoms with E-state index < -0.39 is 5.41 Å². The van der Waals surface area contributed by atoms with Crippen LogP contribution >= 0.6 is 0 Å². The van der Waals surface area contributed by atoms with Crippen LogP contribution in [0, 0.1) is 11.3 Å². The molecule has 0 radical (unpaired) electrons. The van der Waals surface area contributed by atoms with Crippen LogP contribution in [0.2, 0.25) is 0 Å². The van der Waals surface area contributed by atoms with Crippen LogP contribution in [0.1, 0.15) is 28.8 Å². The lowest BCUT2D eigenvalue weighted by Crippen LogP contribution is -2.44. The van der Waals surface area contributed by atoms with Crippen LogP contribution in [0.25, 0.3) is 11.4 Å². The zero-order chi connectivity index (χ0) is 19.4. The summed E-state index contributed by atoms with van der Waals surface area (Å²) in [7, 11) is 0. The van der Waals surface area contributed by atoms with E-state index in [0.717, 1.165) is 11.1 Å². The average molecular weight is 369 g/mol. The van der Waals surface area contributed by atoms with Crippen LogP contribution in [0.3, 0.4) is 0 Å². The van der Waals surface area contributed by atoms with Gasteiger partial charge in [-0.15, -0.1) is 0 Å². The molecule has 2 aromatic heterocycles. The van der Waals surface area contributed by atoms with Crippen LogP contribution in [0.4, 0.5) is 0 Å². The molecule has 138 valence electrons. The third kappa shape index (κ3) is 3.35. The maximum Gasteiger partial charge on any atom is 0.256 e. The van der Waals surface area contributed by atoms with E-state index in [4.69, 9.17) is 0 Å². The number of nitrogens with zero attached hydrogens (tertiary/aromatic N) is 5. The van der Waals surface area contributed by atoms with Crippen molar-refractivity contribution in [3.63, 3.8) is 0 Å². The zero-order valence-corrected chi connectivity index (χ0v) is 15.3. The van der Waals surface area contributed by atoms with Gasteiger partial charge in [-0.2, -0.15) is 5.26 Å². The van der Waals surface area contributed by atoms with Gasteiger partial charge in [-0.25, -0.2) is 9.97 Å². The molecule has 1 fully saturated rings. The number of piperidine rings is 1. The Morgan fingerprint density at radius 3 is 2.25 bits per heavy atom. The van der Waals surface area contributed by atoms with E-state index in [-0.39, 0.29) is 5.91 Å². The van der Waals surface area contributed by atoms with Gasteiger partial charge in [0.2, 0.25) is 0 Å². The summed E-state index contributed by atoms with van der Waals surface area (Å²) in [6, 6.07) is 16.0. The van der Waals surface area contributed by atoms with Gasteiger partial charge >= 0.3 is 0 Å². The predicted octanol–water partition coefficient (Wildman–Crippen LogP) is 3.24. The predicted molar refractivity (Wildman–Crippen MR) is 104 cm³/mol. The van der Waals surface area contributed by atoms with Crippen molar-refractivity contribution >= 4 is 5.91 Å². The summed E-state index contributed by atoms with van der Waals surface area (Å²) in [6.45, 7) is 1.07. The molecule has 0 spiro atoms. The minimum Gasteiger partial charge on any atom is -0.338 e. The van der Waals surface area contributed by atoms with Crippen molar-refractivity contribution in [3.05, 3.63) is 78.4 Å². The fraction of sp³-hybridized carbons (Fsp3) is 0.227. The first-order valence-corrected chi connectivity index (χ1v) is 9.20. The normalized spacial score (nSPS) is 15.6. The summed E-state index contributed by atoms with van der Waals surface area (Å²) in [6.07, 6.45) is 7.73. The number of hydrogen-bond acceptors (Lipinski definition) is 5. The van der Waals surface area contributed by atoms with Crippen molar-refractivity contribution in [2.45, 2.75) is 18.3 Å². The Labute approximate surface area is 163 Å². The summed E-state index contributed by atoms with van der Waals surface area (Å²) in [5.74, 6) is 0.464. The maximum atomic E-state index is 12.8. The van der Waals surface area contributed by atoms with Crippen molar-refractivity contribution in [1.29, 1.82) is 5.26 Å². The zero-order valence-electron chi connectivity index (χ0n) is 15.3. The number of pyridine rings is 1. The summed E-state index contributed by atoms with van der Waals surface area (Å²) >= 11 is 0.